The summed E-state index contributed by atoms with van der Waals surface area (Å²) in [6.45, 7) is 2.41. The van der Waals surface area contributed by atoms with Crippen molar-refractivity contribution in [2.75, 3.05) is 20.2 Å². The normalized spacial score (nSPS) is 22.9. The Labute approximate surface area is 141 Å². The maximum atomic E-state index is 13.2. The highest BCUT2D eigenvalue weighted by Crippen LogP contribution is 2.39. The molecule has 1 aromatic carbocycles. The van der Waals surface area contributed by atoms with Crippen molar-refractivity contribution >= 4 is 28.4 Å². The summed E-state index contributed by atoms with van der Waals surface area (Å²) in [7, 11) is 1.52. The second-order valence-electron chi connectivity index (χ2n) is 5.67. The lowest BCUT2D eigenvalue weighted by Crippen LogP contribution is -2.48. The van der Waals surface area contributed by atoms with Gasteiger partial charge in [-0.1, -0.05) is 0 Å². The third-order valence-corrected chi connectivity index (χ3v) is 5.11. The molecule has 3 nitrogen and oxygen atoms in total. The van der Waals surface area contributed by atoms with E-state index in [9.17, 15) is 18.0 Å². The van der Waals surface area contributed by atoms with Crippen LogP contribution in [0.1, 0.15) is 25.0 Å². The van der Waals surface area contributed by atoms with Crippen molar-refractivity contribution in [2.45, 2.75) is 32.0 Å². The Morgan fingerprint density at radius 3 is 2.55 bits per heavy atom. The fraction of sp³-hybridized carbons (Fsp3) is 0.533. The molecule has 0 fully saturated rings. The standard InChI is InChI=1S/C15H17F3INO2/c1-9(21)14(2)8-20(15(16,17)18)5-4-10-6-13(22-3)12(19)7-11(10)14/h6-7H,4-5,8H2,1-3H3. The summed E-state index contributed by atoms with van der Waals surface area (Å²) in [6, 6.07) is 3.52. The van der Waals surface area contributed by atoms with Crippen LogP contribution in [-0.2, 0) is 16.6 Å². The predicted octanol–water partition coefficient (Wildman–Crippen LogP) is 3.52. The van der Waals surface area contributed by atoms with E-state index in [-0.39, 0.29) is 25.3 Å². The van der Waals surface area contributed by atoms with Crippen molar-refractivity contribution in [3.63, 3.8) is 0 Å². The lowest BCUT2D eigenvalue weighted by Gasteiger charge is -2.33. The van der Waals surface area contributed by atoms with Gasteiger partial charge in [0.1, 0.15) is 11.5 Å². The van der Waals surface area contributed by atoms with Crippen molar-refractivity contribution in [2.24, 2.45) is 0 Å². The summed E-state index contributed by atoms with van der Waals surface area (Å²) in [6.07, 6.45) is -4.22. The Morgan fingerprint density at radius 2 is 2.05 bits per heavy atom. The van der Waals surface area contributed by atoms with Gasteiger partial charge in [-0.15, -0.1) is 0 Å². The molecule has 0 spiro atoms. The SMILES string of the molecule is COc1cc2c(cc1I)C(C)(C(C)=O)CN(C(F)(F)F)CC2. The number of fused-ring (bicyclic) bond motifs is 1. The number of nitrogens with zero attached hydrogens (tertiary/aromatic N) is 1. The molecule has 0 N–H and O–H groups in total. The van der Waals surface area contributed by atoms with E-state index in [4.69, 9.17) is 4.74 Å². The lowest BCUT2D eigenvalue weighted by atomic mass is 9.77. The van der Waals surface area contributed by atoms with Crippen LogP contribution in [-0.4, -0.2) is 37.2 Å². The molecule has 1 atom stereocenters. The van der Waals surface area contributed by atoms with E-state index in [1.165, 1.54) is 14.0 Å². The molecule has 1 aliphatic heterocycles. The van der Waals surface area contributed by atoms with Crippen molar-refractivity contribution in [3.05, 3.63) is 26.8 Å². The first-order valence-corrected chi connectivity index (χ1v) is 7.87. The van der Waals surface area contributed by atoms with Gasteiger partial charge in [0.25, 0.3) is 0 Å². The Hall–Kier alpha value is -0.830. The molecular formula is C15H17F3INO2. The lowest BCUT2D eigenvalue weighted by molar-refractivity contribution is -0.247. The van der Waals surface area contributed by atoms with Gasteiger partial charge in [-0.3, -0.25) is 4.79 Å². The van der Waals surface area contributed by atoms with Gasteiger partial charge in [0.15, 0.2) is 0 Å². The molecule has 0 aliphatic carbocycles. The highest BCUT2D eigenvalue weighted by Gasteiger charge is 2.46. The molecule has 0 saturated heterocycles. The molecule has 0 radical (unpaired) electrons. The van der Waals surface area contributed by atoms with Gasteiger partial charge in [0, 0.05) is 13.1 Å². The van der Waals surface area contributed by atoms with Crippen LogP contribution in [0, 0.1) is 3.57 Å². The maximum Gasteiger partial charge on any atom is 0.459 e. The molecule has 122 valence electrons. The Bertz CT molecular complexity index is 603. The zero-order chi connectivity index (χ0) is 16.7. The molecule has 1 heterocycles. The topological polar surface area (TPSA) is 29.5 Å². The monoisotopic (exact) mass is 427 g/mol. The van der Waals surface area contributed by atoms with Crippen LogP contribution in [0.5, 0.6) is 5.75 Å². The number of alkyl halides is 3. The zero-order valence-corrected chi connectivity index (χ0v) is 14.7. The van der Waals surface area contributed by atoms with E-state index in [0.29, 0.717) is 16.2 Å². The zero-order valence-electron chi connectivity index (χ0n) is 12.6. The summed E-state index contributed by atoms with van der Waals surface area (Å²) >= 11 is 2.07. The molecule has 7 heteroatoms. The summed E-state index contributed by atoms with van der Waals surface area (Å²) in [5, 5.41) is 0. The summed E-state index contributed by atoms with van der Waals surface area (Å²) in [5.74, 6) is 0.344. The smallest absolute Gasteiger partial charge is 0.459 e. The van der Waals surface area contributed by atoms with Crippen LogP contribution in [0.15, 0.2) is 12.1 Å². The van der Waals surface area contributed by atoms with Crippen LogP contribution < -0.4 is 4.74 Å². The van der Waals surface area contributed by atoms with Crippen LogP contribution >= 0.6 is 22.6 Å². The molecule has 1 aromatic rings. The van der Waals surface area contributed by atoms with E-state index in [1.54, 1.807) is 19.1 Å². The van der Waals surface area contributed by atoms with Crippen LogP contribution in [0.4, 0.5) is 13.2 Å². The average molecular weight is 427 g/mol. The van der Waals surface area contributed by atoms with Crippen molar-refractivity contribution in [3.8, 4) is 5.75 Å². The molecule has 0 amide bonds. The van der Waals surface area contributed by atoms with Crippen LogP contribution in [0.3, 0.4) is 0 Å². The second-order valence-corrected chi connectivity index (χ2v) is 6.83. The molecule has 1 unspecified atom stereocenters. The minimum atomic E-state index is -4.45. The Balaban J connectivity index is 2.60. The van der Waals surface area contributed by atoms with Gasteiger partial charge in [-0.25, -0.2) is 4.90 Å². The predicted molar refractivity (Wildman–Crippen MR) is 85.1 cm³/mol. The first kappa shape index (κ1) is 17.5. The molecule has 22 heavy (non-hydrogen) atoms. The second kappa shape index (κ2) is 5.99. The number of carbonyl (C=O) groups is 1. The van der Waals surface area contributed by atoms with E-state index in [0.717, 1.165) is 9.13 Å². The quantitative estimate of drug-likeness (QED) is 0.535. The molecule has 1 aliphatic rings. The van der Waals surface area contributed by atoms with E-state index in [1.807, 2.05) is 0 Å². The van der Waals surface area contributed by atoms with Crippen molar-refractivity contribution in [1.29, 1.82) is 0 Å². The highest BCUT2D eigenvalue weighted by molar-refractivity contribution is 14.1. The Kier molecular flexibility index (Phi) is 4.77. The van der Waals surface area contributed by atoms with Gasteiger partial charge in [-0.05, 0) is 66.1 Å². The van der Waals surface area contributed by atoms with Crippen LogP contribution in [0.2, 0.25) is 0 Å². The molecule has 2 rings (SSSR count). The third-order valence-electron chi connectivity index (χ3n) is 4.27. The number of Topliss-reactive ketones (excluding diaryl/α,β-unsaturated/α-hetero) is 1. The van der Waals surface area contributed by atoms with Crippen molar-refractivity contribution in [1.82, 2.24) is 4.90 Å². The minimum Gasteiger partial charge on any atom is -0.496 e. The highest BCUT2D eigenvalue weighted by atomic mass is 127. The number of hydrogen-bond acceptors (Lipinski definition) is 3. The molecule has 0 saturated carbocycles. The van der Waals surface area contributed by atoms with Crippen molar-refractivity contribution < 1.29 is 22.7 Å². The number of rotatable bonds is 2. The van der Waals surface area contributed by atoms with Gasteiger partial charge >= 0.3 is 6.30 Å². The van der Waals surface area contributed by atoms with E-state index < -0.39 is 11.7 Å². The summed E-state index contributed by atoms with van der Waals surface area (Å²) < 4.78 is 45.5. The van der Waals surface area contributed by atoms with Gasteiger partial charge in [0.2, 0.25) is 0 Å². The molecule has 0 aromatic heterocycles. The number of ether oxygens (including phenoxy) is 1. The number of hydrogen-bond donors (Lipinski definition) is 0. The Morgan fingerprint density at radius 1 is 1.41 bits per heavy atom. The largest absolute Gasteiger partial charge is 0.496 e. The first-order chi connectivity index (χ1) is 10.1. The fourth-order valence-electron chi connectivity index (χ4n) is 2.79. The van der Waals surface area contributed by atoms with Gasteiger partial charge in [0.05, 0.1) is 16.1 Å². The number of methoxy groups -OCH3 is 1. The number of carbonyl (C=O) groups excluding carboxylic acids is 1. The van der Waals surface area contributed by atoms with Gasteiger partial charge in [-0.2, -0.15) is 13.2 Å². The summed E-state index contributed by atoms with van der Waals surface area (Å²) in [4.78, 5) is 12.6. The first-order valence-electron chi connectivity index (χ1n) is 6.79. The summed E-state index contributed by atoms with van der Waals surface area (Å²) in [5.41, 5.74) is 0.215. The van der Waals surface area contributed by atoms with E-state index in [2.05, 4.69) is 22.6 Å². The fourth-order valence-corrected chi connectivity index (χ4v) is 3.48. The van der Waals surface area contributed by atoms with Gasteiger partial charge < -0.3 is 4.74 Å². The number of halogens is 4. The number of benzene rings is 1. The third kappa shape index (κ3) is 3.10. The molecular weight excluding hydrogens is 410 g/mol. The minimum absolute atomic E-state index is 0.164. The number of ketones is 1. The van der Waals surface area contributed by atoms with E-state index >= 15 is 0 Å². The molecule has 0 bridgehead atoms. The maximum absolute atomic E-state index is 13.2. The average Bonchev–Trinajstić information content (AvgIpc) is 2.56. The van der Waals surface area contributed by atoms with Crippen LogP contribution in [0.25, 0.3) is 0 Å².